The summed E-state index contributed by atoms with van der Waals surface area (Å²) in [6.07, 6.45) is 2.90. The summed E-state index contributed by atoms with van der Waals surface area (Å²) in [7, 11) is 2.88. The number of aromatic hydroxyl groups is 2. The lowest BCUT2D eigenvalue weighted by Gasteiger charge is -2.19. The van der Waals surface area contributed by atoms with Gasteiger partial charge >= 0.3 is 0 Å². The van der Waals surface area contributed by atoms with Crippen molar-refractivity contribution in [2.45, 2.75) is 52.6 Å². The van der Waals surface area contributed by atoms with Crippen LogP contribution in [0.25, 0.3) is 21.9 Å². The lowest BCUT2D eigenvalue weighted by molar-refractivity contribution is 0.0713. The van der Waals surface area contributed by atoms with E-state index in [0.717, 1.165) is 5.57 Å². The maximum atomic E-state index is 13.6. The zero-order chi connectivity index (χ0) is 23.8. The molecule has 0 aliphatic carbocycles. The Labute approximate surface area is 186 Å². The third kappa shape index (κ3) is 4.39. The molecular formula is C25H30O7. The van der Waals surface area contributed by atoms with E-state index in [9.17, 15) is 20.1 Å². The molecule has 32 heavy (non-hydrogen) atoms. The molecule has 0 atom stereocenters. The zero-order valence-electron chi connectivity index (χ0n) is 19.3. The van der Waals surface area contributed by atoms with Crippen LogP contribution in [0.3, 0.4) is 0 Å². The number of rotatable bonds is 7. The Bertz CT molecular complexity index is 1260. The molecule has 172 valence electrons. The van der Waals surface area contributed by atoms with Crippen LogP contribution in [0.2, 0.25) is 0 Å². The number of phenols is 2. The molecule has 0 aliphatic rings. The van der Waals surface area contributed by atoms with Gasteiger partial charge < -0.3 is 29.2 Å². The van der Waals surface area contributed by atoms with E-state index in [0.29, 0.717) is 29.7 Å². The van der Waals surface area contributed by atoms with E-state index in [4.69, 9.17) is 13.9 Å². The Hall–Kier alpha value is -3.19. The summed E-state index contributed by atoms with van der Waals surface area (Å²) >= 11 is 0. The van der Waals surface area contributed by atoms with E-state index in [1.165, 1.54) is 20.3 Å². The van der Waals surface area contributed by atoms with E-state index in [1.54, 1.807) is 19.9 Å². The second-order valence-corrected chi connectivity index (χ2v) is 8.79. The topological polar surface area (TPSA) is 109 Å². The molecule has 3 N–H and O–H groups in total. The van der Waals surface area contributed by atoms with Crippen LogP contribution in [0.1, 0.15) is 45.2 Å². The Morgan fingerprint density at radius 2 is 1.72 bits per heavy atom. The lowest BCUT2D eigenvalue weighted by Crippen LogP contribution is -2.20. The van der Waals surface area contributed by atoms with Gasteiger partial charge in [-0.25, -0.2) is 0 Å². The van der Waals surface area contributed by atoms with Crippen LogP contribution in [0.15, 0.2) is 33.0 Å². The van der Waals surface area contributed by atoms with Gasteiger partial charge in [-0.2, -0.15) is 0 Å². The average molecular weight is 443 g/mol. The standard InChI is InChI=1S/C25H30O7/c1-13(2)7-8-14-17(30-5)12-19-21(22(14)27)23(28)20-15(9-10-25(3,4)29)24(31-6)16(26)11-18(20)32-19/h7,11-12,26-27,29H,8-10H2,1-6H3. The van der Waals surface area contributed by atoms with Gasteiger partial charge in [0.25, 0.3) is 0 Å². The smallest absolute Gasteiger partial charge is 0.204 e. The third-order valence-electron chi connectivity index (χ3n) is 5.45. The SMILES string of the molecule is COc1cc2oc3cc(O)c(OC)c(CCC(C)(C)O)c3c(=O)c2c(O)c1CC=C(C)C. The fourth-order valence-electron chi connectivity index (χ4n) is 3.80. The summed E-state index contributed by atoms with van der Waals surface area (Å²) in [6.45, 7) is 7.21. The van der Waals surface area contributed by atoms with Crippen molar-refractivity contribution in [1.29, 1.82) is 0 Å². The number of fused-ring (bicyclic) bond motifs is 2. The summed E-state index contributed by atoms with van der Waals surface area (Å²) in [5.41, 5.74) is 0.835. The molecule has 0 fully saturated rings. The number of phenolic OH excluding ortho intramolecular Hbond substituents is 2. The molecule has 0 amide bonds. The Morgan fingerprint density at radius 3 is 2.28 bits per heavy atom. The van der Waals surface area contributed by atoms with Gasteiger partial charge in [0.15, 0.2) is 11.5 Å². The van der Waals surface area contributed by atoms with Crippen LogP contribution in [-0.4, -0.2) is 35.1 Å². The molecule has 0 unspecified atom stereocenters. The molecule has 0 aliphatic heterocycles. The van der Waals surface area contributed by atoms with Crippen molar-refractivity contribution in [2.24, 2.45) is 0 Å². The number of aryl methyl sites for hydroxylation is 1. The maximum absolute atomic E-state index is 13.6. The Balaban J connectivity index is 2.41. The van der Waals surface area contributed by atoms with Crippen molar-refractivity contribution in [2.75, 3.05) is 14.2 Å². The van der Waals surface area contributed by atoms with Crippen LogP contribution in [0.4, 0.5) is 0 Å². The normalized spacial score (nSPS) is 11.7. The summed E-state index contributed by atoms with van der Waals surface area (Å²) in [6, 6.07) is 2.89. The number of hydrogen-bond acceptors (Lipinski definition) is 7. The third-order valence-corrected chi connectivity index (χ3v) is 5.45. The number of benzene rings is 2. The minimum absolute atomic E-state index is 0.0349. The van der Waals surface area contributed by atoms with Crippen LogP contribution in [-0.2, 0) is 12.8 Å². The van der Waals surface area contributed by atoms with Gasteiger partial charge in [0, 0.05) is 23.3 Å². The molecule has 1 aromatic heterocycles. The highest BCUT2D eigenvalue weighted by Gasteiger charge is 2.25. The van der Waals surface area contributed by atoms with Gasteiger partial charge in [0.05, 0.1) is 25.2 Å². The second-order valence-electron chi connectivity index (χ2n) is 8.79. The number of aliphatic hydroxyl groups is 1. The van der Waals surface area contributed by atoms with Gasteiger partial charge in [0.1, 0.15) is 28.1 Å². The zero-order valence-corrected chi connectivity index (χ0v) is 19.3. The van der Waals surface area contributed by atoms with Crippen LogP contribution >= 0.6 is 0 Å². The van der Waals surface area contributed by atoms with E-state index in [-0.39, 0.29) is 45.6 Å². The monoisotopic (exact) mass is 442 g/mol. The number of ether oxygens (including phenoxy) is 2. The molecule has 3 aromatic rings. The minimum atomic E-state index is -0.993. The van der Waals surface area contributed by atoms with Crippen LogP contribution in [0.5, 0.6) is 23.0 Å². The number of hydrogen-bond donors (Lipinski definition) is 3. The Kier molecular flexibility index (Phi) is 6.41. The molecule has 2 aromatic carbocycles. The summed E-state index contributed by atoms with van der Waals surface area (Å²) < 4.78 is 16.7. The molecule has 0 spiro atoms. The first-order valence-corrected chi connectivity index (χ1v) is 10.4. The first kappa shape index (κ1) is 23.5. The quantitative estimate of drug-likeness (QED) is 0.363. The molecule has 7 nitrogen and oxygen atoms in total. The maximum Gasteiger partial charge on any atom is 0.204 e. The van der Waals surface area contributed by atoms with Gasteiger partial charge in [-0.05, 0) is 47.0 Å². The summed E-state index contributed by atoms with van der Waals surface area (Å²) in [5, 5.41) is 32.0. The summed E-state index contributed by atoms with van der Waals surface area (Å²) in [4.78, 5) is 13.6. The number of allylic oxidation sites excluding steroid dienone is 2. The molecule has 7 heteroatoms. The average Bonchev–Trinajstić information content (AvgIpc) is 2.69. The van der Waals surface area contributed by atoms with Gasteiger partial charge in [0.2, 0.25) is 5.43 Å². The molecule has 0 bridgehead atoms. The predicted octanol–water partition coefficient (Wildman–Crippen LogP) is 4.59. The van der Waals surface area contributed by atoms with E-state index < -0.39 is 11.0 Å². The summed E-state index contributed by atoms with van der Waals surface area (Å²) in [5.74, 6) is 0.166. The highest BCUT2D eigenvalue weighted by molar-refractivity contribution is 5.97. The van der Waals surface area contributed by atoms with E-state index >= 15 is 0 Å². The molecule has 3 rings (SSSR count). The van der Waals surface area contributed by atoms with E-state index in [2.05, 4.69) is 0 Å². The van der Waals surface area contributed by atoms with Crippen molar-refractivity contribution in [1.82, 2.24) is 0 Å². The largest absolute Gasteiger partial charge is 0.507 e. The second kappa shape index (κ2) is 8.74. The van der Waals surface area contributed by atoms with Crippen molar-refractivity contribution >= 4 is 21.9 Å². The van der Waals surface area contributed by atoms with Gasteiger partial charge in [-0.3, -0.25) is 4.79 Å². The number of methoxy groups -OCH3 is 2. The highest BCUT2D eigenvalue weighted by Crippen LogP contribution is 2.41. The van der Waals surface area contributed by atoms with Gasteiger partial charge in [-0.1, -0.05) is 11.6 Å². The first-order chi connectivity index (χ1) is 15.0. The molecule has 0 saturated carbocycles. The lowest BCUT2D eigenvalue weighted by atomic mass is 9.94. The van der Waals surface area contributed by atoms with Crippen LogP contribution < -0.4 is 14.9 Å². The van der Waals surface area contributed by atoms with E-state index in [1.807, 2.05) is 19.9 Å². The molecular weight excluding hydrogens is 412 g/mol. The highest BCUT2D eigenvalue weighted by atomic mass is 16.5. The van der Waals surface area contributed by atoms with Crippen LogP contribution in [0, 0.1) is 0 Å². The molecule has 1 heterocycles. The fourth-order valence-corrected chi connectivity index (χ4v) is 3.80. The Morgan fingerprint density at radius 1 is 1.06 bits per heavy atom. The molecule has 0 radical (unpaired) electrons. The van der Waals surface area contributed by atoms with Crippen molar-refractivity contribution in [3.05, 3.63) is 45.1 Å². The molecule has 0 saturated heterocycles. The fraction of sp³-hybridized carbons (Fsp3) is 0.400. The van der Waals surface area contributed by atoms with Crippen molar-refractivity contribution < 1.29 is 29.2 Å². The van der Waals surface area contributed by atoms with Crippen molar-refractivity contribution in [3.8, 4) is 23.0 Å². The van der Waals surface area contributed by atoms with Gasteiger partial charge in [-0.15, -0.1) is 0 Å². The predicted molar refractivity (Wildman–Crippen MR) is 124 cm³/mol. The van der Waals surface area contributed by atoms with Crippen molar-refractivity contribution in [3.63, 3.8) is 0 Å². The first-order valence-electron chi connectivity index (χ1n) is 10.4. The minimum Gasteiger partial charge on any atom is -0.507 e.